The van der Waals surface area contributed by atoms with Gasteiger partial charge in [0.2, 0.25) is 0 Å². The van der Waals surface area contributed by atoms with Crippen molar-refractivity contribution in [3.8, 4) is 0 Å². The molecular formula is C35H54N8O2. The van der Waals surface area contributed by atoms with Crippen LogP contribution in [0.3, 0.4) is 0 Å². The van der Waals surface area contributed by atoms with Crippen molar-refractivity contribution in [1.29, 1.82) is 0 Å². The molecule has 10 heteroatoms. The van der Waals surface area contributed by atoms with Crippen LogP contribution in [0.1, 0.15) is 128 Å². The normalized spacial score (nSPS) is 23.7. The molecule has 3 heterocycles. The molecule has 0 unspecified atom stereocenters. The second-order valence-corrected chi connectivity index (χ2v) is 15.4. The Kier molecular flexibility index (Phi) is 9.99. The molecule has 2 amide bonds. The number of tetrazole rings is 1. The maximum atomic E-state index is 14.7. The minimum atomic E-state index is -0.522. The van der Waals surface area contributed by atoms with Crippen LogP contribution < -0.4 is 5.32 Å². The van der Waals surface area contributed by atoms with Crippen LogP contribution >= 0.6 is 0 Å². The lowest BCUT2D eigenvalue weighted by molar-refractivity contribution is -0.134. The maximum absolute atomic E-state index is 14.7. The first-order valence-electron chi connectivity index (χ1n) is 17.2. The van der Waals surface area contributed by atoms with E-state index in [9.17, 15) is 9.59 Å². The summed E-state index contributed by atoms with van der Waals surface area (Å²) in [5.41, 5.74) is 1.33. The second-order valence-electron chi connectivity index (χ2n) is 15.4. The highest BCUT2D eigenvalue weighted by Crippen LogP contribution is 2.50. The molecule has 1 atom stereocenters. The average molecular weight is 619 g/mol. The van der Waals surface area contributed by atoms with Gasteiger partial charge in [-0.05, 0) is 98.1 Å². The number of nitrogens with one attached hydrogen (secondary N) is 2. The predicted octanol–water partition coefficient (Wildman–Crippen LogP) is 6.15. The lowest BCUT2D eigenvalue weighted by Crippen LogP contribution is -2.52. The Morgan fingerprint density at radius 2 is 1.69 bits per heavy atom. The van der Waals surface area contributed by atoms with Gasteiger partial charge in [0, 0.05) is 18.7 Å². The minimum Gasteiger partial charge on any atom is -0.352 e. The van der Waals surface area contributed by atoms with Gasteiger partial charge in [0.05, 0.1) is 12.6 Å². The fraction of sp³-hybridized carbons (Fsp3) is 0.714. The number of piperidine rings is 1. The van der Waals surface area contributed by atoms with E-state index >= 15 is 0 Å². The molecule has 2 aliphatic heterocycles. The Bertz CT molecular complexity index is 1310. The number of likely N-dealkylation sites (tertiary alicyclic amines) is 1. The lowest BCUT2D eigenvalue weighted by atomic mass is 9.69. The fourth-order valence-corrected chi connectivity index (χ4v) is 7.62. The summed E-state index contributed by atoms with van der Waals surface area (Å²) in [6, 6.07) is 7.68. The van der Waals surface area contributed by atoms with E-state index in [-0.39, 0.29) is 29.8 Å². The van der Waals surface area contributed by atoms with Crippen molar-refractivity contribution in [2.24, 2.45) is 34.1 Å². The summed E-state index contributed by atoms with van der Waals surface area (Å²) >= 11 is 0. The zero-order valence-corrected chi connectivity index (χ0v) is 28.5. The standard InChI is InChI=1S/C35H54N8O2/c1-23(2)8-13-29(26-9-11-27(12-10-26)32(44)36-22-30-38-40-41-39-30)43-33(45)31(42-20-16-25(17-21-42)24(3)4)37-35(43)18-14-28(15-19-35)34(5,6)7/h9-12,23-25,28-29H,8,13-22H2,1-7H3,(H,36,44)(H,38,39,40,41)/t28?,29-,35?/m1/s1. The number of amides is 2. The SMILES string of the molecule is CC(C)CC[C@H](c1ccc(C(=O)NCc2nn[nH]n2)cc1)N1C(=O)C(N2CCC(C(C)C)CC2)=NC12CCC(C(C)(C)C)CC2. The van der Waals surface area contributed by atoms with E-state index in [4.69, 9.17) is 4.99 Å². The predicted molar refractivity (Wildman–Crippen MR) is 176 cm³/mol. The Hall–Kier alpha value is -3.30. The van der Waals surface area contributed by atoms with E-state index in [2.05, 4.69) is 84.2 Å². The summed E-state index contributed by atoms with van der Waals surface area (Å²) in [6.45, 7) is 18.1. The molecule has 1 spiro atoms. The van der Waals surface area contributed by atoms with Gasteiger partial charge in [-0.25, -0.2) is 4.99 Å². The molecule has 1 saturated heterocycles. The van der Waals surface area contributed by atoms with Gasteiger partial charge < -0.3 is 15.1 Å². The molecule has 2 N–H and O–H groups in total. The highest BCUT2D eigenvalue weighted by molar-refractivity contribution is 6.39. The number of aliphatic imine (C=N–C) groups is 1. The summed E-state index contributed by atoms with van der Waals surface area (Å²) in [5.74, 6) is 3.47. The van der Waals surface area contributed by atoms with Crippen molar-refractivity contribution >= 4 is 17.6 Å². The largest absolute Gasteiger partial charge is 0.352 e. The second kappa shape index (κ2) is 13.6. The molecule has 5 rings (SSSR count). The first-order chi connectivity index (χ1) is 21.4. The maximum Gasteiger partial charge on any atom is 0.291 e. The van der Waals surface area contributed by atoms with E-state index < -0.39 is 5.66 Å². The van der Waals surface area contributed by atoms with Crippen molar-refractivity contribution in [3.05, 3.63) is 41.2 Å². The minimum absolute atomic E-state index is 0.0860. The third-order valence-electron chi connectivity index (χ3n) is 10.6. The number of carbonyl (C=O) groups excluding carboxylic acids is 2. The number of hydrogen-bond acceptors (Lipinski definition) is 7. The van der Waals surface area contributed by atoms with Gasteiger partial charge in [-0.1, -0.05) is 65.8 Å². The van der Waals surface area contributed by atoms with E-state index in [0.717, 1.165) is 70.0 Å². The highest BCUT2D eigenvalue weighted by Gasteiger charge is 2.53. The summed E-state index contributed by atoms with van der Waals surface area (Å²) in [5, 5.41) is 16.6. The van der Waals surface area contributed by atoms with Gasteiger partial charge in [0.25, 0.3) is 11.8 Å². The van der Waals surface area contributed by atoms with Gasteiger partial charge in [0.1, 0.15) is 5.66 Å². The lowest BCUT2D eigenvalue weighted by Gasteiger charge is -2.47. The number of carbonyl (C=O) groups is 2. The monoisotopic (exact) mass is 618 g/mol. The van der Waals surface area contributed by atoms with Crippen molar-refractivity contribution in [2.75, 3.05) is 13.1 Å². The van der Waals surface area contributed by atoms with Crippen LogP contribution in [0.25, 0.3) is 0 Å². The molecule has 246 valence electrons. The zero-order valence-electron chi connectivity index (χ0n) is 28.5. The number of H-pyrrole nitrogens is 1. The topological polar surface area (TPSA) is 119 Å². The van der Waals surface area contributed by atoms with E-state index in [1.165, 1.54) is 0 Å². The highest BCUT2D eigenvalue weighted by atomic mass is 16.2. The Morgan fingerprint density at radius 1 is 1.02 bits per heavy atom. The quantitative estimate of drug-likeness (QED) is 0.348. The zero-order chi connectivity index (χ0) is 32.4. The van der Waals surface area contributed by atoms with Crippen molar-refractivity contribution < 1.29 is 9.59 Å². The van der Waals surface area contributed by atoms with Gasteiger partial charge in [-0.2, -0.15) is 5.21 Å². The van der Waals surface area contributed by atoms with Crippen LogP contribution in [0, 0.1) is 29.1 Å². The average Bonchev–Trinajstić information content (AvgIpc) is 3.63. The molecule has 1 aliphatic carbocycles. The van der Waals surface area contributed by atoms with Gasteiger partial charge >= 0.3 is 0 Å². The van der Waals surface area contributed by atoms with E-state index in [1.807, 2.05) is 24.3 Å². The van der Waals surface area contributed by atoms with Crippen molar-refractivity contribution in [2.45, 2.75) is 118 Å². The number of benzene rings is 1. The molecule has 3 aliphatic rings. The Labute approximate surface area is 269 Å². The molecule has 1 saturated carbocycles. The van der Waals surface area contributed by atoms with Crippen LogP contribution in [-0.2, 0) is 11.3 Å². The summed E-state index contributed by atoms with van der Waals surface area (Å²) in [7, 11) is 0. The van der Waals surface area contributed by atoms with Crippen molar-refractivity contribution in [3.63, 3.8) is 0 Å². The molecule has 45 heavy (non-hydrogen) atoms. The number of aromatic nitrogens is 4. The van der Waals surface area contributed by atoms with Crippen LogP contribution in [0.2, 0.25) is 0 Å². The smallest absolute Gasteiger partial charge is 0.291 e. The van der Waals surface area contributed by atoms with Crippen LogP contribution in [0.15, 0.2) is 29.3 Å². The number of aromatic amines is 1. The van der Waals surface area contributed by atoms with Crippen LogP contribution in [-0.4, -0.2) is 66.8 Å². The molecular weight excluding hydrogens is 564 g/mol. The van der Waals surface area contributed by atoms with Crippen LogP contribution in [0.4, 0.5) is 0 Å². The van der Waals surface area contributed by atoms with Gasteiger partial charge in [0.15, 0.2) is 11.7 Å². The molecule has 1 aromatic carbocycles. The summed E-state index contributed by atoms with van der Waals surface area (Å²) < 4.78 is 0. The Morgan fingerprint density at radius 3 is 2.24 bits per heavy atom. The first kappa shape index (κ1) is 33.1. The van der Waals surface area contributed by atoms with Gasteiger partial charge in [-0.3, -0.25) is 9.59 Å². The fourth-order valence-electron chi connectivity index (χ4n) is 7.62. The van der Waals surface area contributed by atoms with Gasteiger partial charge in [-0.15, -0.1) is 10.2 Å². The van der Waals surface area contributed by atoms with E-state index in [1.54, 1.807) is 0 Å². The van der Waals surface area contributed by atoms with Crippen LogP contribution in [0.5, 0.6) is 0 Å². The summed E-state index contributed by atoms with van der Waals surface area (Å²) in [6.07, 6.45) is 7.98. The molecule has 0 radical (unpaired) electrons. The number of amidine groups is 1. The molecule has 1 aromatic heterocycles. The van der Waals surface area contributed by atoms with E-state index in [0.29, 0.717) is 40.9 Å². The molecule has 0 bridgehead atoms. The van der Waals surface area contributed by atoms with Crippen molar-refractivity contribution in [1.82, 2.24) is 35.7 Å². The molecule has 10 nitrogen and oxygen atoms in total. The third kappa shape index (κ3) is 7.41. The summed E-state index contributed by atoms with van der Waals surface area (Å²) in [4.78, 5) is 37.5. The number of rotatable bonds is 9. The Balaban J connectivity index is 1.43. The number of nitrogens with zero attached hydrogens (tertiary/aromatic N) is 6. The molecule has 2 aromatic rings. The first-order valence-corrected chi connectivity index (χ1v) is 17.2. The molecule has 2 fully saturated rings. The third-order valence-corrected chi connectivity index (χ3v) is 10.6. The number of hydrogen-bond donors (Lipinski definition) is 2.